The van der Waals surface area contributed by atoms with Crippen LogP contribution in [0.25, 0.3) is 0 Å². The first kappa shape index (κ1) is 15.4. The van der Waals surface area contributed by atoms with Gasteiger partial charge in [0.05, 0.1) is 6.42 Å². The van der Waals surface area contributed by atoms with Crippen molar-refractivity contribution in [1.29, 1.82) is 0 Å². The average molecular weight is 314 g/mol. The molecule has 1 unspecified atom stereocenters. The zero-order valence-corrected chi connectivity index (χ0v) is 13.1. The normalized spacial score (nSPS) is 13.9. The molecule has 120 valence electrons. The highest BCUT2D eigenvalue weighted by Crippen LogP contribution is 2.25. The van der Waals surface area contributed by atoms with E-state index in [1.54, 1.807) is 13.8 Å². The molecule has 1 N–H and O–H groups in total. The molecule has 0 spiro atoms. The molecule has 7 heteroatoms. The summed E-state index contributed by atoms with van der Waals surface area (Å²) in [4.78, 5) is 8.34. The summed E-state index contributed by atoms with van der Waals surface area (Å²) in [6, 6.07) is 9.96. The average Bonchev–Trinajstić information content (AvgIpc) is 3.17. The summed E-state index contributed by atoms with van der Waals surface area (Å²) in [5.41, 5.74) is -0.0383. The summed E-state index contributed by atoms with van der Waals surface area (Å²) in [7, 11) is 0. The van der Waals surface area contributed by atoms with E-state index in [9.17, 15) is 5.11 Å². The predicted molar refractivity (Wildman–Crippen MR) is 80.5 cm³/mol. The van der Waals surface area contributed by atoms with Gasteiger partial charge in [-0.2, -0.15) is 9.97 Å². The first-order valence-corrected chi connectivity index (χ1v) is 7.41. The molecule has 0 saturated heterocycles. The summed E-state index contributed by atoms with van der Waals surface area (Å²) in [6.07, 6.45) is 1.51. The summed E-state index contributed by atoms with van der Waals surface area (Å²) < 4.78 is 10.1. The van der Waals surface area contributed by atoms with Gasteiger partial charge in [0, 0.05) is 6.92 Å². The van der Waals surface area contributed by atoms with Gasteiger partial charge in [-0.25, -0.2) is 0 Å². The number of aliphatic hydroxyl groups is 1. The van der Waals surface area contributed by atoms with E-state index in [2.05, 4.69) is 20.3 Å². The largest absolute Gasteiger partial charge is 0.380 e. The molecule has 23 heavy (non-hydrogen) atoms. The van der Waals surface area contributed by atoms with E-state index in [4.69, 9.17) is 9.05 Å². The van der Waals surface area contributed by atoms with E-state index >= 15 is 0 Å². The molecule has 0 amide bonds. The molecule has 0 aliphatic heterocycles. The molecule has 1 atom stereocenters. The molecule has 2 heterocycles. The second kappa shape index (κ2) is 6.29. The number of hydrogen-bond donors (Lipinski definition) is 1. The third kappa shape index (κ3) is 3.81. The maximum atomic E-state index is 10.6. The zero-order chi connectivity index (χ0) is 16.3. The molecule has 0 radical (unpaired) electrons. The highest BCUT2D eigenvalue weighted by molar-refractivity contribution is 5.15. The summed E-state index contributed by atoms with van der Waals surface area (Å²) in [5.74, 6) is 1.58. The third-order valence-corrected chi connectivity index (χ3v) is 3.56. The van der Waals surface area contributed by atoms with Gasteiger partial charge in [-0.1, -0.05) is 40.6 Å². The van der Waals surface area contributed by atoms with Crippen molar-refractivity contribution in [3.8, 4) is 0 Å². The number of nitrogens with zero attached hydrogens (tertiary/aromatic N) is 4. The van der Waals surface area contributed by atoms with E-state index < -0.39 is 5.60 Å². The molecule has 3 aromatic rings. The van der Waals surface area contributed by atoms with E-state index in [0.717, 1.165) is 12.0 Å². The van der Waals surface area contributed by atoms with Crippen molar-refractivity contribution >= 4 is 0 Å². The number of aromatic nitrogens is 4. The first-order valence-electron chi connectivity index (χ1n) is 7.41. The van der Waals surface area contributed by atoms with Crippen molar-refractivity contribution in [3.63, 3.8) is 0 Å². The van der Waals surface area contributed by atoms with Crippen molar-refractivity contribution in [2.45, 2.75) is 38.7 Å². The maximum absolute atomic E-state index is 10.6. The van der Waals surface area contributed by atoms with Gasteiger partial charge < -0.3 is 14.2 Å². The van der Waals surface area contributed by atoms with Crippen LogP contribution in [0, 0.1) is 6.92 Å². The van der Waals surface area contributed by atoms with E-state index in [-0.39, 0.29) is 5.89 Å². The van der Waals surface area contributed by atoms with Crippen LogP contribution in [-0.4, -0.2) is 25.4 Å². The highest BCUT2D eigenvalue weighted by atomic mass is 16.5. The molecule has 0 aliphatic carbocycles. The van der Waals surface area contributed by atoms with Crippen LogP contribution in [0.2, 0.25) is 0 Å². The van der Waals surface area contributed by atoms with Crippen molar-refractivity contribution < 1.29 is 14.2 Å². The topological polar surface area (TPSA) is 98.1 Å². The minimum Gasteiger partial charge on any atom is -0.380 e. The number of benzene rings is 1. The second-order valence-electron chi connectivity index (χ2n) is 5.68. The first-order chi connectivity index (χ1) is 11.0. The van der Waals surface area contributed by atoms with Crippen LogP contribution < -0.4 is 0 Å². The van der Waals surface area contributed by atoms with Gasteiger partial charge in [0.2, 0.25) is 5.89 Å². The second-order valence-corrected chi connectivity index (χ2v) is 5.68. The summed E-state index contributed by atoms with van der Waals surface area (Å²) in [5, 5.41) is 18.2. The molecule has 0 saturated carbocycles. The van der Waals surface area contributed by atoms with Crippen molar-refractivity contribution in [2.75, 3.05) is 0 Å². The zero-order valence-electron chi connectivity index (χ0n) is 13.1. The van der Waals surface area contributed by atoms with Crippen LogP contribution in [0.1, 0.15) is 42.3 Å². The molecular formula is C16H18N4O3. The minimum atomic E-state index is -1.19. The lowest BCUT2D eigenvalue weighted by Gasteiger charge is -2.18. The summed E-state index contributed by atoms with van der Waals surface area (Å²) in [6.45, 7) is 3.39. The van der Waals surface area contributed by atoms with Gasteiger partial charge in [0.15, 0.2) is 11.6 Å². The van der Waals surface area contributed by atoms with E-state index in [1.165, 1.54) is 0 Å². The fourth-order valence-electron chi connectivity index (χ4n) is 2.24. The lowest BCUT2D eigenvalue weighted by atomic mass is 9.97. The van der Waals surface area contributed by atoms with Gasteiger partial charge in [0.1, 0.15) is 5.60 Å². The van der Waals surface area contributed by atoms with Gasteiger partial charge in [-0.05, 0) is 25.3 Å². The molecule has 1 aromatic carbocycles. The van der Waals surface area contributed by atoms with E-state index in [0.29, 0.717) is 30.4 Å². The van der Waals surface area contributed by atoms with Gasteiger partial charge in [0.25, 0.3) is 5.89 Å². The molecule has 2 aromatic heterocycles. The van der Waals surface area contributed by atoms with Crippen LogP contribution in [-0.2, 0) is 18.4 Å². The van der Waals surface area contributed by atoms with Crippen LogP contribution >= 0.6 is 0 Å². The smallest absolute Gasteiger partial charge is 0.258 e. The van der Waals surface area contributed by atoms with Gasteiger partial charge >= 0.3 is 0 Å². The SMILES string of the molecule is Cc1nc(Cc2noc(C(C)(O)CCc3ccccc3)n2)no1. The third-order valence-electron chi connectivity index (χ3n) is 3.56. The Morgan fingerprint density at radius 3 is 2.43 bits per heavy atom. The number of aryl methyl sites for hydroxylation is 2. The molecule has 0 bridgehead atoms. The van der Waals surface area contributed by atoms with Crippen LogP contribution in [0.3, 0.4) is 0 Å². The fraction of sp³-hybridized carbons (Fsp3) is 0.375. The fourth-order valence-corrected chi connectivity index (χ4v) is 2.24. The monoisotopic (exact) mass is 314 g/mol. The van der Waals surface area contributed by atoms with Gasteiger partial charge in [-0.15, -0.1) is 0 Å². The Kier molecular flexibility index (Phi) is 4.20. The van der Waals surface area contributed by atoms with Crippen molar-refractivity contribution in [2.24, 2.45) is 0 Å². The molecular weight excluding hydrogens is 296 g/mol. The predicted octanol–water partition coefficient (Wildman–Crippen LogP) is 2.19. The van der Waals surface area contributed by atoms with Crippen LogP contribution in [0.15, 0.2) is 39.4 Å². The van der Waals surface area contributed by atoms with Gasteiger partial charge in [-0.3, -0.25) is 0 Å². The molecule has 3 rings (SSSR count). The quantitative estimate of drug-likeness (QED) is 0.744. The van der Waals surface area contributed by atoms with Crippen molar-refractivity contribution in [1.82, 2.24) is 20.3 Å². The van der Waals surface area contributed by atoms with E-state index in [1.807, 2.05) is 30.3 Å². The molecule has 0 aliphatic rings. The molecule has 0 fully saturated rings. The lowest BCUT2D eigenvalue weighted by Crippen LogP contribution is -2.22. The minimum absolute atomic E-state index is 0.198. The Hall–Kier alpha value is -2.54. The number of rotatable bonds is 6. The lowest BCUT2D eigenvalue weighted by molar-refractivity contribution is 0.0147. The van der Waals surface area contributed by atoms with Crippen LogP contribution in [0.5, 0.6) is 0 Å². The van der Waals surface area contributed by atoms with Crippen molar-refractivity contribution in [3.05, 3.63) is 59.3 Å². The Labute approximate surface area is 133 Å². The Morgan fingerprint density at radius 1 is 1.04 bits per heavy atom. The molecule has 7 nitrogen and oxygen atoms in total. The Bertz CT molecular complexity index is 764. The number of hydrogen-bond acceptors (Lipinski definition) is 7. The standard InChI is InChI=1S/C16H18N4O3/c1-11-17-13(19-22-11)10-14-18-15(23-20-14)16(2,21)9-8-12-6-4-3-5-7-12/h3-7,21H,8-10H2,1-2H3. The van der Waals surface area contributed by atoms with Crippen LogP contribution in [0.4, 0.5) is 0 Å². The summed E-state index contributed by atoms with van der Waals surface area (Å²) >= 11 is 0. The maximum Gasteiger partial charge on any atom is 0.258 e. The Balaban J connectivity index is 1.65. The Morgan fingerprint density at radius 2 is 1.74 bits per heavy atom. The highest BCUT2D eigenvalue weighted by Gasteiger charge is 2.30.